The van der Waals surface area contributed by atoms with Crippen LogP contribution in [0, 0.1) is 34.6 Å². The number of benzene rings is 2. The topological polar surface area (TPSA) is 35.0 Å². The Morgan fingerprint density at radius 2 is 1.24 bits per heavy atom. The maximum atomic E-state index is 5.13. The van der Waals surface area contributed by atoms with E-state index >= 15 is 0 Å². The molecule has 0 saturated carbocycles. The Hall–Kier alpha value is -2.50. The second kappa shape index (κ2) is 9.33. The summed E-state index contributed by atoms with van der Waals surface area (Å²) in [4.78, 5) is 11.4. The molecule has 0 aliphatic rings. The van der Waals surface area contributed by atoms with Crippen LogP contribution in [-0.2, 0) is 0 Å². The summed E-state index contributed by atoms with van der Waals surface area (Å²) in [6, 6.07) is 16.7. The van der Waals surface area contributed by atoms with E-state index in [1.165, 1.54) is 26.4 Å². The molecule has 150 valence electrons. The van der Waals surface area contributed by atoms with Crippen LogP contribution >= 0.6 is 22.7 Å². The Balaban J connectivity index is 0.000000166. The molecule has 0 amide bonds. The molecule has 0 saturated heterocycles. The SMILES string of the molecule is COc1ccc(-c2sc(C)nc2C)cc1.Cc1cccc(-c2sc(C)nc2C)c1. The number of aromatic nitrogens is 2. The summed E-state index contributed by atoms with van der Waals surface area (Å²) < 4.78 is 5.13. The minimum absolute atomic E-state index is 0.887. The fourth-order valence-electron chi connectivity index (χ4n) is 3.13. The summed E-state index contributed by atoms with van der Waals surface area (Å²) in [6.07, 6.45) is 0. The number of methoxy groups -OCH3 is 1. The molecule has 0 bridgehead atoms. The second-order valence-electron chi connectivity index (χ2n) is 6.89. The van der Waals surface area contributed by atoms with Crippen molar-refractivity contribution >= 4 is 22.7 Å². The van der Waals surface area contributed by atoms with Crippen LogP contribution in [0.4, 0.5) is 0 Å². The van der Waals surface area contributed by atoms with Gasteiger partial charge >= 0.3 is 0 Å². The van der Waals surface area contributed by atoms with Gasteiger partial charge in [0.25, 0.3) is 0 Å². The van der Waals surface area contributed by atoms with Crippen LogP contribution in [0.5, 0.6) is 5.75 Å². The van der Waals surface area contributed by atoms with Crippen LogP contribution in [0.15, 0.2) is 48.5 Å². The van der Waals surface area contributed by atoms with E-state index in [9.17, 15) is 0 Å². The Labute approximate surface area is 181 Å². The highest BCUT2D eigenvalue weighted by atomic mass is 32.1. The Kier molecular flexibility index (Phi) is 6.83. The lowest BCUT2D eigenvalue weighted by molar-refractivity contribution is 0.415. The minimum Gasteiger partial charge on any atom is -0.497 e. The zero-order chi connectivity index (χ0) is 21.0. The number of thiazole rings is 2. The molecule has 2 aromatic carbocycles. The molecule has 0 unspecified atom stereocenters. The lowest BCUT2D eigenvalue weighted by atomic mass is 10.1. The average molecular weight is 423 g/mol. The molecule has 0 fully saturated rings. The van der Waals surface area contributed by atoms with Crippen LogP contribution in [0.25, 0.3) is 20.9 Å². The summed E-state index contributed by atoms with van der Waals surface area (Å²) in [7, 11) is 1.68. The van der Waals surface area contributed by atoms with Gasteiger partial charge in [-0.3, -0.25) is 0 Å². The van der Waals surface area contributed by atoms with Gasteiger partial charge in [0.15, 0.2) is 0 Å². The van der Waals surface area contributed by atoms with Gasteiger partial charge in [0.05, 0.1) is 38.3 Å². The third-order valence-electron chi connectivity index (χ3n) is 4.44. The fourth-order valence-corrected chi connectivity index (χ4v) is 4.97. The van der Waals surface area contributed by atoms with Gasteiger partial charge in [-0.2, -0.15) is 0 Å². The maximum absolute atomic E-state index is 5.13. The van der Waals surface area contributed by atoms with Gasteiger partial charge in [-0.25, -0.2) is 9.97 Å². The lowest BCUT2D eigenvalue weighted by Crippen LogP contribution is -1.82. The van der Waals surface area contributed by atoms with E-state index in [0.29, 0.717) is 0 Å². The molecule has 5 heteroatoms. The molecular weight excluding hydrogens is 396 g/mol. The van der Waals surface area contributed by atoms with E-state index in [2.05, 4.69) is 67.1 Å². The van der Waals surface area contributed by atoms with Crippen molar-refractivity contribution in [2.75, 3.05) is 7.11 Å². The normalized spacial score (nSPS) is 10.4. The predicted octanol–water partition coefficient (Wildman–Crippen LogP) is 7.17. The monoisotopic (exact) mass is 422 g/mol. The summed E-state index contributed by atoms with van der Waals surface area (Å²) in [5.41, 5.74) is 6.03. The van der Waals surface area contributed by atoms with E-state index in [-0.39, 0.29) is 0 Å². The molecule has 4 rings (SSSR count). The van der Waals surface area contributed by atoms with Crippen molar-refractivity contribution in [3.05, 3.63) is 75.5 Å². The smallest absolute Gasteiger partial charge is 0.118 e. The number of rotatable bonds is 3. The first kappa shape index (κ1) is 21.2. The van der Waals surface area contributed by atoms with Crippen molar-refractivity contribution in [3.63, 3.8) is 0 Å². The number of hydrogen-bond donors (Lipinski definition) is 0. The Morgan fingerprint density at radius 3 is 1.69 bits per heavy atom. The Bertz CT molecular complexity index is 1090. The molecule has 0 spiro atoms. The molecule has 4 aromatic rings. The van der Waals surface area contributed by atoms with E-state index in [0.717, 1.165) is 27.2 Å². The van der Waals surface area contributed by atoms with Gasteiger partial charge in [0.2, 0.25) is 0 Å². The molecular formula is C24H26N2OS2. The lowest BCUT2D eigenvalue weighted by Gasteiger charge is -2.01. The molecule has 3 nitrogen and oxygen atoms in total. The van der Waals surface area contributed by atoms with Crippen molar-refractivity contribution in [2.45, 2.75) is 34.6 Å². The van der Waals surface area contributed by atoms with Crippen molar-refractivity contribution < 1.29 is 4.74 Å². The molecule has 29 heavy (non-hydrogen) atoms. The first-order valence-corrected chi connectivity index (χ1v) is 11.1. The number of nitrogens with zero attached hydrogens (tertiary/aromatic N) is 2. The van der Waals surface area contributed by atoms with Gasteiger partial charge in [0.1, 0.15) is 5.75 Å². The van der Waals surface area contributed by atoms with Crippen LogP contribution < -0.4 is 4.74 Å². The largest absolute Gasteiger partial charge is 0.497 e. The van der Waals surface area contributed by atoms with E-state index < -0.39 is 0 Å². The van der Waals surface area contributed by atoms with Crippen LogP contribution in [0.2, 0.25) is 0 Å². The van der Waals surface area contributed by atoms with Gasteiger partial charge in [0, 0.05) is 0 Å². The molecule has 2 aromatic heterocycles. The molecule has 2 heterocycles. The van der Waals surface area contributed by atoms with Crippen LogP contribution in [-0.4, -0.2) is 17.1 Å². The minimum atomic E-state index is 0.887. The zero-order valence-electron chi connectivity index (χ0n) is 17.7. The third-order valence-corrected chi connectivity index (χ3v) is 6.68. The van der Waals surface area contributed by atoms with Crippen LogP contribution in [0.1, 0.15) is 27.0 Å². The Morgan fingerprint density at radius 1 is 0.690 bits per heavy atom. The van der Waals surface area contributed by atoms with Gasteiger partial charge in [-0.1, -0.05) is 29.8 Å². The van der Waals surface area contributed by atoms with Crippen molar-refractivity contribution in [1.29, 1.82) is 0 Å². The molecule has 0 atom stereocenters. The summed E-state index contributed by atoms with van der Waals surface area (Å²) >= 11 is 3.49. The van der Waals surface area contributed by atoms with Crippen molar-refractivity contribution in [1.82, 2.24) is 9.97 Å². The number of ether oxygens (including phenoxy) is 1. The zero-order valence-corrected chi connectivity index (χ0v) is 19.4. The highest BCUT2D eigenvalue weighted by Crippen LogP contribution is 2.31. The highest BCUT2D eigenvalue weighted by Gasteiger charge is 2.07. The standard InChI is InChI=1S/C12H13NOS.C12H13NS/c1-8-12(15-9(2)13-8)10-4-6-11(14-3)7-5-10;1-8-5-4-6-11(7-8)12-9(2)13-10(3)14-12/h4-7H,1-3H3;4-7H,1-3H3. The fraction of sp³-hybridized carbons (Fsp3) is 0.250. The van der Waals surface area contributed by atoms with E-state index in [4.69, 9.17) is 4.74 Å². The average Bonchev–Trinajstić information content (AvgIpc) is 3.22. The van der Waals surface area contributed by atoms with Crippen LogP contribution in [0.3, 0.4) is 0 Å². The third kappa shape index (κ3) is 5.31. The molecule has 0 radical (unpaired) electrons. The number of hydrogen-bond acceptors (Lipinski definition) is 5. The molecule has 0 aliphatic heterocycles. The summed E-state index contributed by atoms with van der Waals surface area (Å²) in [5.74, 6) is 0.887. The first-order valence-electron chi connectivity index (χ1n) is 9.47. The predicted molar refractivity (Wildman–Crippen MR) is 125 cm³/mol. The van der Waals surface area contributed by atoms with Gasteiger partial charge in [-0.15, -0.1) is 22.7 Å². The van der Waals surface area contributed by atoms with Gasteiger partial charge in [-0.05, 0) is 70.0 Å². The maximum Gasteiger partial charge on any atom is 0.118 e. The summed E-state index contributed by atoms with van der Waals surface area (Å²) in [5, 5.41) is 2.25. The van der Waals surface area contributed by atoms with E-state index in [1.807, 2.05) is 26.0 Å². The summed E-state index contributed by atoms with van der Waals surface area (Å²) in [6.45, 7) is 10.3. The quantitative estimate of drug-likeness (QED) is 0.351. The van der Waals surface area contributed by atoms with E-state index in [1.54, 1.807) is 29.8 Å². The first-order chi connectivity index (χ1) is 13.9. The van der Waals surface area contributed by atoms with Crippen molar-refractivity contribution in [3.8, 4) is 26.6 Å². The molecule has 0 aliphatic carbocycles. The van der Waals surface area contributed by atoms with Crippen molar-refractivity contribution in [2.24, 2.45) is 0 Å². The highest BCUT2D eigenvalue weighted by molar-refractivity contribution is 7.15. The number of aryl methyl sites for hydroxylation is 5. The van der Waals surface area contributed by atoms with Gasteiger partial charge < -0.3 is 4.74 Å². The second-order valence-corrected chi connectivity index (χ2v) is 9.30. The molecule has 0 N–H and O–H groups in total.